The monoisotopic (exact) mass is 633 g/mol. The Morgan fingerprint density at radius 1 is 0.479 bits per heavy atom. The molecular formula is C46H35NS. The van der Waals surface area contributed by atoms with Gasteiger partial charge in [-0.1, -0.05) is 137 Å². The number of anilines is 3. The van der Waals surface area contributed by atoms with Crippen LogP contribution in [0.15, 0.2) is 140 Å². The molecule has 0 aliphatic heterocycles. The Morgan fingerprint density at radius 2 is 1.12 bits per heavy atom. The van der Waals surface area contributed by atoms with Crippen molar-refractivity contribution in [1.29, 1.82) is 0 Å². The van der Waals surface area contributed by atoms with Crippen molar-refractivity contribution in [2.24, 2.45) is 0 Å². The maximum Gasteiger partial charge on any atom is 0.0554 e. The fraction of sp³-hybridized carbons (Fsp3) is 0.130. The zero-order chi connectivity index (χ0) is 32.4. The summed E-state index contributed by atoms with van der Waals surface area (Å²) in [5, 5.41) is 5.22. The van der Waals surface area contributed by atoms with E-state index in [1.54, 1.807) is 0 Å². The van der Waals surface area contributed by atoms with E-state index in [9.17, 15) is 0 Å². The van der Waals surface area contributed by atoms with E-state index in [-0.39, 0.29) is 10.8 Å². The zero-order valence-corrected chi connectivity index (χ0v) is 28.5. The second kappa shape index (κ2) is 9.69. The third-order valence-corrected chi connectivity index (χ3v) is 12.5. The number of nitrogens with zero attached hydrogens (tertiary/aromatic N) is 1. The molecule has 0 radical (unpaired) electrons. The van der Waals surface area contributed by atoms with Crippen LogP contribution in [0.3, 0.4) is 0 Å². The van der Waals surface area contributed by atoms with Gasteiger partial charge >= 0.3 is 0 Å². The van der Waals surface area contributed by atoms with Gasteiger partial charge in [-0.2, -0.15) is 0 Å². The van der Waals surface area contributed by atoms with E-state index >= 15 is 0 Å². The summed E-state index contributed by atoms with van der Waals surface area (Å²) in [6, 6.07) is 52.4. The quantitative estimate of drug-likeness (QED) is 0.187. The summed E-state index contributed by atoms with van der Waals surface area (Å²) < 4.78 is 2.67. The molecule has 0 spiro atoms. The molecular weight excluding hydrogens is 599 g/mol. The predicted octanol–water partition coefficient (Wildman–Crippen LogP) is 13.3. The van der Waals surface area contributed by atoms with Crippen LogP contribution < -0.4 is 4.90 Å². The lowest BCUT2D eigenvalue weighted by Crippen LogP contribution is -2.17. The number of fused-ring (bicyclic) bond motifs is 11. The van der Waals surface area contributed by atoms with Crippen LogP contribution in [0.25, 0.3) is 53.2 Å². The topological polar surface area (TPSA) is 3.24 Å². The SMILES string of the molecule is CC1(C)c2ccccc2-c2cc(N(c3cccc4c3-c3ccccc3C4(C)C)c3cccc4ccc5c6ccccc6sc5c34)ccc21. The number of benzene rings is 7. The summed E-state index contributed by atoms with van der Waals surface area (Å²) >= 11 is 1.91. The highest BCUT2D eigenvalue weighted by Crippen LogP contribution is 2.56. The Morgan fingerprint density at radius 3 is 1.98 bits per heavy atom. The number of hydrogen-bond acceptors (Lipinski definition) is 2. The molecule has 2 heteroatoms. The van der Waals surface area contributed by atoms with Crippen LogP contribution in [0.2, 0.25) is 0 Å². The van der Waals surface area contributed by atoms with E-state index in [0.29, 0.717) is 0 Å². The van der Waals surface area contributed by atoms with Gasteiger partial charge in [0.05, 0.1) is 11.4 Å². The first-order valence-corrected chi connectivity index (χ1v) is 17.8. The van der Waals surface area contributed by atoms with Crippen molar-refractivity contribution in [3.63, 3.8) is 0 Å². The van der Waals surface area contributed by atoms with Crippen molar-refractivity contribution < 1.29 is 0 Å². The van der Waals surface area contributed by atoms with E-state index in [0.717, 1.165) is 0 Å². The normalized spacial score (nSPS) is 15.0. The van der Waals surface area contributed by atoms with Crippen molar-refractivity contribution in [2.45, 2.75) is 38.5 Å². The van der Waals surface area contributed by atoms with Crippen LogP contribution in [0.5, 0.6) is 0 Å². The molecule has 8 aromatic rings. The van der Waals surface area contributed by atoms with Crippen molar-refractivity contribution in [1.82, 2.24) is 0 Å². The van der Waals surface area contributed by atoms with E-state index in [4.69, 9.17) is 0 Å². The van der Waals surface area contributed by atoms with Crippen molar-refractivity contribution in [3.8, 4) is 22.3 Å². The first-order valence-electron chi connectivity index (χ1n) is 16.9. The Balaban J connectivity index is 1.33. The molecule has 0 N–H and O–H groups in total. The van der Waals surface area contributed by atoms with Crippen LogP contribution in [-0.4, -0.2) is 0 Å². The number of hydrogen-bond donors (Lipinski definition) is 0. The van der Waals surface area contributed by atoms with Crippen LogP contribution in [-0.2, 0) is 10.8 Å². The Bertz CT molecular complexity index is 2630. The summed E-state index contributed by atoms with van der Waals surface area (Å²) in [6.45, 7) is 9.47. The van der Waals surface area contributed by atoms with E-state index in [1.165, 1.54) is 92.5 Å². The molecule has 0 saturated heterocycles. The van der Waals surface area contributed by atoms with Gasteiger partial charge in [-0.05, 0) is 74.7 Å². The van der Waals surface area contributed by atoms with Crippen molar-refractivity contribution >= 4 is 59.3 Å². The summed E-state index contributed by atoms with van der Waals surface area (Å²) in [5.41, 5.74) is 14.4. The molecule has 0 fully saturated rings. The summed E-state index contributed by atoms with van der Waals surface area (Å²) in [5.74, 6) is 0. The highest BCUT2D eigenvalue weighted by atomic mass is 32.1. The van der Waals surface area contributed by atoms with Crippen LogP contribution >= 0.6 is 11.3 Å². The average molecular weight is 634 g/mol. The lowest BCUT2D eigenvalue weighted by atomic mass is 9.82. The smallest absolute Gasteiger partial charge is 0.0554 e. The lowest BCUT2D eigenvalue weighted by molar-refractivity contribution is 0.660. The molecule has 1 aromatic heterocycles. The molecule has 2 aliphatic rings. The van der Waals surface area contributed by atoms with Crippen LogP contribution in [0.4, 0.5) is 17.1 Å². The minimum Gasteiger partial charge on any atom is -0.309 e. The fourth-order valence-electron chi connectivity index (χ4n) is 8.90. The van der Waals surface area contributed by atoms with Crippen molar-refractivity contribution in [3.05, 3.63) is 162 Å². The third-order valence-electron chi connectivity index (χ3n) is 11.3. The fourth-order valence-corrected chi connectivity index (χ4v) is 10.2. The second-order valence-corrected chi connectivity index (χ2v) is 15.6. The van der Waals surface area contributed by atoms with Gasteiger partial charge in [0.15, 0.2) is 0 Å². The third kappa shape index (κ3) is 3.61. The molecule has 0 unspecified atom stereocenters. The molecule has 10 rings (SSSR count). The molecule has 1 nitrogen and oxygen atoms in total. The van der Waals surface area contributed by atoms with Crippen molar-refractivity contribution in [2.75, 3.05) is 4.90 Å². The van der Waals surface area contributed by atoms with E-state index in [1.807, 2.05) is 11.3 Å². The Kier molecular flexibility index (Phi) is 5.63. The van der Waals surface area contributed by atoms with Gasteiger partial charge in [-0.25, -0.2) is 0 Å². The summed E-state index contributed by atoms with van der Waals surface area (Å²) in [6.07, 6.45) is 0. The van der Waals surface area contributed by atoms with Gasteiger partial charge in [-0.15, -0.1) is 11.3 Å². The standard InChI is InChI=1S/C46H35NS/c1-45(2)35-17-8-5-14-30(35)34-27-29(24-26-37(34)45)47(40-21-12-19-38-43(40)33-16-6-9-18-36(33)46(38,3)4)39-20-11-13-28-23-25-32-31-15-7-10-22-41(31)48-44(32)42(28)39/h5-27H,1-4H3. The van der Waals surface area contributed by atoms with Crippen LogP contribution in [0.1, 0.15) is 49.9 Å². The molecule has 0 amide bonds. The Hall–Kier alpha value is -5.18. The van der Waals surface area contributed by atoms with Crippen LogP contribution in [0, 0.1) is 0 Å². The molecule has 230 valence electrons. The van der Waals surface area contributed by atoms with Gasteiger partial charge in [0.1, 0.15) is 0 Å². The van der Waals surface area contributed by atoms with E-state index < -0.39 is 0 Å². The predicted molar refractivity (Wildman–Crippen MR) is 207 cm³/mol. The van der Waals surface area contributed by atoms with Gasteiger partial charge in [0, 0.05) is 47.6 Å². The summed E-state index contributed by atoms with van der Waals surface area (Å²) in [4.78, 5) is 2.57. The maximum absolute atomic E-state index is 2.57. The van der Waals surface area contributed by atoms with Gasteiger partial charge in [-0.3, -0.25) is 0 Å². The lowest BCUT2D eigenvalue weighted by Gasteiger charge is -2.31. The zero-order valence-electron chi connectivity index (χ0n) is 27.6. The molecule has 48 heavy (non-hydrogen) atoms. The molecule has 1 heterocycles. The number of rotatable bonds is 3. The molecule has 0 saturated carbocycles. The second-order valence-electron chi connectivity index (χ2n) is 14.5. The average Bonchev–Trinajstić information content (AvgIpc) is 3.69. The minimum atomic E-state index is -0.0913. The highest BCUT2D eigenvalue weighted by molar-refractivity contribution is 7.26. The van der Waals surface area contributed by atoms with Gasteiger partial charge < -0.3 is 4.90 Å². The molecule has 7 aromatic carbocycles. The first-order chi connectivity index (χ1) is 23.3. The first kappa shape index (κ1) is 27.9. The van der Waals surface area contributed by atoms with E-state index in [2.05, 4.69) is 172 Å². The Labute approximate surface area is 285 Å². The number of thiophene rings is 1. The molecule has 0 atom stereocenters. The van der Waals surface area contributed by atoms with Gasteiger partial charge in [0.2, 0.25) is 0 Å². The highest BCUT2D eigenvalue weighted by Gasteiger charge is 2.39. The molecule has 0 bridgehead atoms. The largest absolute Gasteiger partial charge is 0.309 e. The minimum absolute atomic E-state index is 0.0467. The molecule has 2 aliphatic carbocycles. The maximum atomic E-state index is 2.57. The van der Waals surface area contributed by atoms with Gasteiger partial charge in [0.25, 0.3) is 0 Å². The summed E-state index contributed by atoms with van der Waals surface area (Å²) in [7, 11) is 0.